The molecule has 1 aliphatic carbocycles. The molecule has 1 heterocycles. The van der Waals surface area contributed by atoms with Crippen molar-refractivity contribution in [3.63, 3.8) is 0 Å². The highest BCUT2D eigenvalue weighted by Crippen LogP contribution is 2.55. The Kier molecular flexibility index (Phi) is 8.36. The van der Waals surface area contributed by atoms with Gasteiger partial charge in [-0.2, -0.15) is 0 Å². The van der Waals surface area contributed by atoms with Gasteiger partial charge in [0.25, 0.3) is 0 Å². The molecule has 0 bridgehead atoms. The molecular formula is C32H40N2OS. The summed E-state index contributed by atoms with van der Waals surface area (Å²) in [6.45, 7) is 4.45. The second-order valence-corrected chi connectivity index (χ2v) is 12.5. The average Bonchev–Trinajstić information content (AvgIpc) is 3.63. The van der Waals surface area contributed by atoms with Crippen LogP contribution in [0.1, 0.15) is 43.2 Å². The molecule has 0 spiro atoms. The summed E-state index contributed by atoms with van der Waals surface area (Å²) in [6.07, 6.45) is 7.72. The fourth-order valence-corrected chi connectivity index (χ4v) is 7.31. The predicted octanol–water partition coefficient (Wildman–Crippen LogP) is 6.33. The Morgan fingerprint density at radius 2 is 1.50 bits per heavy atom. The fraction of sp³-hybridized carbons (Fsp3) is 0.438. The van der Waals surface area contributed by atoms with E-state index in [2.05, 4.69) is 69.9 Å². The summed E-state index contributed by atoms with van der Waals surface area (Å²) >= 11 is 0. The Morgan fingerprint density at radius 1 is 0.889 bits per heavy atom. The zero-order chi connectivity index (χ0) is 24.8. The number of likely N-dealkylation sites (tertiary alicyclic amines) is 1. The quantitative estimate of drug-likeness (QED) is 0.307. The summed E-state index contributed by atoms with van der Waals surface area (Å²) < 4.78 is 15.3. The van der Waals surface area contributed by atoms with Crippen LogP contribution in [-0.4, -0.2) is 46.6 Å². The number of piperidine rings is 1. The van der Waals surface area contributed by atoms with Crippen LogP contribution in [0.4, 0.5) is 0 Å². The first-order chi connectivity index (χ1) is 17.6. The van der Waals surface area contributed by atoms with E-state index in [0.717, 1.165) is 23.9 Å². The first-order valence-electron chi connectivity index (χ1n) is 13.6. The molecule has 36 heavy (non-hydrogen) atoms. The Labute approximate surface area is 220 Å². The maximum absolute atomic E-state index is 13.2. The highest BCUT2D eigenvalue weighted by molar-refractivity contribution is 7.82. The monoisotopic (exact) mass is 500 g/mol. The van der Waals surface area contributed by atoms with Crippen molar-refractivity contribution in [3.05, 3.63) is 102 Å². The minimum atomic E-state index is -1.13. The van der Waals surface area contributed by atoms with Gasteiger partial charge in [-0.3, -0.25) is 0 Å². The molecule has 3 aromatic rings. The van der Waals surface area contributed by atoms with Crippen molar-refractivity contribution >= 4 is 11.0 Å². The van der Waals surface area contributed by atoms with E-state index in [0.29, 0.717) is 5.92 Å². The Morgan fingerprint density at radius 3 is 2.17 bits per heavy atom. The number of rotatable bonds is 11. The van der Waals surface area contributed by atoms with E-state index >= 15 is 0 Å². The van der Waals surface area contributed by atoms with Crippen molar-refractivity contribution in [2.24, 2.45) is 11.8 Å². The molecule has 1 saturated heterocycles. The number of hydrogen-bond acceptors (Lipinski definition) is 2. The summed E-state index contributed by atoms with van der Waals surface area (Å²) in [7, 11) is 0.886. The molecule has 5 rings (SSSR count). The maximum Gasteiger partial charge on any atom is 0.127 e. The first-order valence-corrected chi connectivity index (χ1v) is 14.7. The zero-order valence-corrected chi connectivity index (χ0v) is 22.4. The van der Waals surface area contributed by atoms with Gasteiger partial charge in [0.05, 0.1) is 4.90 Å². The molecule has 2 aliphatic rings. The van der Waals surface area contributed by atoms with E-state index in [4.69, 9.17) is 0 Å². The molecule has 3 nitrogen and oxygen atoms in total. The lowest BCUT2D eigenvalue weighted by Crippen LogP contribution is -2.38. The topological polar surface area (TPSA) is 23.6 Å². The predicted molar refractivity (Wildman–Crippen MR) is 150 cm³/mol. The molecule has 3 atom stereocenters. The van der Waals surface area contributed by atoms with Crippen LogP contribution in [0.3, 0.4) is 0 Å². The van der Waals surface area contributed by atoms with Gasteiger partial charge in [-0.25, -0.2) is 8.51 Å². The van der Waals surface area contributed by atoms with Gasteiger partial charge < -0.3 is 4.90 Å². The minimum Gasteiger partial charge on any atom is -0.303 e. The molecule has 190 valence electrons. The van der Waals surface area contributed by atoms with Gasteiger partial charge in [0.2, 0.25) is 0 Å². The van der Waals surface area contributed by atoms with E-state index in [1.165, 1.54) is 62.7 Å². The van der Waals surface area contributed by atoms with Crippen LogP contribution in [0.25, 0.3) is 0 Å². The van der Waals surface area contributed by atoms with Gasteiger partial charge in [0.15, 0.2) is 0 Å². The van der Waals surface area contributed by atoms with E-state index in [-0.39, 0.29) is 5.41 Å². The van der Waals surface area contributed by atoms with Crippen LogP contribution >= 0.6 is 0 Å². The number of aryl methyl sites for hydroxylation is 1. The largest absolute Gasteiger partial charge is 0.303 e. The van der Waals surface area contributed by atoms with E-state index in [1.54, 1.807) is 0 Å². The SMILES string of the molecule is CN(CC1(c2ccccc2)CC1CN1CCC(CCCc2ccccc2)CC1)S(=O)c1ccccc1. The molecular weight excluding hydrogens is 460 g/mol. The summed E-state index contributed by atoms with van der Waals surface area (Å²) in [4.78, 5) is 3.59. The second kappa shape index (κ2) is 11.9. The molecule has 0 radical (unpaired) electrons. The van der Waals surface area contributed by atoms with Crippen LogP contribution < -0.4 is 0 Å². The van der Waals surface area contributed by atoms with Crippen molar-refractivity contribution in [3.8, 4) is 0 Å². The summed E-state index contributed by atoms with van der Waals surface area (Å²) in [5, 5.41) is 0. The van der Waals surface area contributed by atoms with Gasteiger partial charge >= 0.3 is 0 Å². The third-order valence-electron chi connectivity index (χ3n) is 8.42. The smallest absolute Gasteiger partial charge is 0.127 e. The van der Waals surface area contributed by atoms with Crippen molar-refractivity contribution in [2.45, 2.75) is 48.8 Å². The van der Waals surface area contributed by atoms with Gasteiger partial charge in [-0.15, -0.1) is 0 Å². The van der Waals surface area contributed by atoms with Gasteiger partial charge in [-0.1, -0.05) is 85.3 Å². The van der Waals surface area contributed by atoms with Crippen LogP contribution in [0.15, 0.2) is 95.9 Å². The van der Waals surface area contributed by atoms with Gasteiger partial charge in [0.1, 0.15) is 11.0 Å². The second-order valence-electron chi connectivity index (χ2n) is 10.9. The lowest BCUT2D eigenvalue weighted by Gasteiger charge is -2.33. The standard InChI is InChI=1S/C32H40N2OS/c1-33(36(35)31-18-9-4-10-19-31)26-32(29-16-7-3-8-17-29)24-30(32)25-34-22-20-28(21-23-34)15-11-14-27-12-5-2-6-13-27/h2-10,12-13,16-19,28,30H,11,14-15,20-26H2,1H3. The average molecular weight is 501 g/mol. The van der Waals surface area contributed by atoms with E-state index in [9.17, 15) is 4.21 Å². The van der Waals surface area contributed by atoms with E-state index < -0.39 is 11.0 Å². The Bertz CT molecular complexity index is 1100. The lowest BCUT2D eigenvalue weighted by molar-refractivity contribution is 0.167. The molecule has 1 saturated carbocycles. The normalized spacial score (nSPS) is 23.6. The van der Waals surface area contributed by atoms with Gasteiger partial charge in [-0.05, 0) is 80.3 Å². The molecule has 2 fully saturated rings. The summed E-state index contributed by atoms with van der Waals surface area (Å²) in [5.74, 6) is 1.51. The van der Waals surface area contributed by atoms with Crippen molar-refractivity contribution in [1.82, 2.24) is 9.21 Å². The van der Waals surface area contributed by atoms with Crippen LogP contribution in [0, 0.1) is 11.8 Å². The molecule has 0 amide bonds. The number of likely N-dealkylation sites (N-methyl/N-ethyl adjacent to an activating group) is 1. The Balaban J connectivity index is 1.14. The molecule has 1 aliphatic heterocycles. The van der Waals surface area contributed by atoms with E-state index in [1.807, 2.05) is 37.4 Å². The Hall–Kier alpha value is -2.27. The summed E-state index contributed by atoms with van der Waals surface area (Å²) in [6, 6.07) is 31.7. The fourth-order valence-electron chi connectivity index (χ4n) is 6.21. The van der Waals surface area contributed by atoms with Crippen LogP contribution in [0.2, 0.25) is 0 Å². The van der Waals surface area contributed by atoms with Crippen molar-refractivity contribution in [1.29, 1.82) is 0 Å². The highest BCUT2D eigenvalue weighted by Gasteiger charge is 2.56. The zero-order valence-electron chi connectivity index (χ0n) is 21.6. The molecule has 3 unspecified atom stereocenters. The van der Waals surface area contributed by atoms with Crippen molar-refractivity contribution in [2.75, 3.05) is 33.2 Å². The third kappa shape index (κ3) is 6.16. The maximum atomic E-state index is 13.2. The third-order valence-corrected chi connectivity index (χ3v) is 9.79. The minimum absolute atomic E-state index is 0.104. The molecule has 3 aromatic carbocycles. The molecule has 0 N–H and O–H groups in total. The molecule has 0 aromatic heterocycles. The number of benzene rings is 3. The first kappa shape index (κ1) is 25.4. The number of hydrogen-bond donors (Lipinski definition) is 0. The van der Waals surface area contributed by atoms with Crippen molar-refractivity contribution < 1.29 is 4.21 Å². The summed E-state index contributed by atoms with van der Waals surface area (Å²) in [5.41, 5.74) is 2.98. The van der Waals surface area contributed by atoms with Crippen LogP contribution in [-0.2, 0) is 22.8 Å². The van der Waals surface area contributed by atoms with Crippen LogP contribution in [0.5, 0.6) is 0 Å². The lowest BCUT2D eigenvalue weighted by atomic mass is 9.90. The molecule has 4 heteroatoms. The number of nitrogens with zero attached hydrogens (tertiary/aromatic N) is 2. The van der Waals surface area contributed by atoms with Gasteiger partial charge in [0, 0.05) is 25.6 Å². The highest BCUT2D eigenvalue weighted by atomic mass is 32.2.